The van der Waals surface area contributed by atoms with Crippen LogP contribution in [0.1, 0.15) is 0 Å². The molecule has 0 spiro atoms. The van der Waals surface area contributed by atoms with E-state index in [1.54, 1.807) is 24.7 Å². The summed E-state index contributed by atoms with van der Waals surface area (Å²) in [6.07, 6.45) is 5.71. The average molecular weight is 170 g/mol. The third kappa shape index (κ3) is 1.60. The zero-order chi connectivity index (χ0) is 8.23. The van der Waals surface area contributed by atoms with Crippen molar-refractivity contribution in [3.05, 3.63) is 24.7 Å². The van der Waals surface area contributed by atoms with Crippen LogP contribution in [-0.4, -0.2) is 25.8 Å². The van der Waals surface area contributed by atoms with E-state index in [4.69, 9.17) is 18.9 Å². The van der Waals surface area contributed by atoms with E-state index in [2.05, 4.69) is 0 Å². The van der Waals surface area contributed by atoms with Crippen molar-refractivity contribution >= 4 is 0 Å². The molecule has 0 N–H and O–H groups in total. The largest absolute Gasteiger partial charge is 0.458 e. The summed E-state index contributed by atoms with van der Waals surface area (Å²) in [4.78, 5) is 0. The van der Waals surface area contributed by atoms with Crippen LogP contribution in [0.3, 0.4) is 0 Å². The predicted octanol–water partition coefficient (Wildman–Crippen LogP) is 0.760. The van der Waals surface area contributed by atoms with Gasteiger partial charge in [-0.2, -0.15) is 0 Å². The lowest BCUT2D eigenvalue weighted by atomic mass is 10.6. The number of allylic oxidation sites excluding steroid dienone is 2. The van der Waals surface area contributed by atoms with Crippen LogP contribution in [0, 0.1) is 0 Å². The van der Waals surface area contributed by atoms with Crippen molar-refractivity contribution in [3.63, 3.8) is 0 Å². The highest BCUT2D eigenvalue weighted by Gasteiger charge is 2.29. The highest BCUT2D eigenvalue weighted by atomic mass is 16.8. The van der Waals surface area contributed by atoms with Gasteiger partial charge in [-0.1, -0.05) is 0 Å². The molecule has 2 aliphatic rings. The lowest BCUT2D eigenvalue weighted by Gasteiger charge is -2.19. The summed E-state index contributed by atoms with van der Waals surface area (Å²) >= 11 is 0. The fraction of sp³-hybridized carbons (Fsp3) is 0.500. The van der Waals surface area contributed by atoms with E-state index >= 15 is 0 Å². The first-order chi connectivity index (χ1) is 5.97. The zero-order valence-corrected chi connectivity index (χ0v) is 6.51. The third-order valence-electron chi connectivity index (χ3n) is 1.56. The summed E-state index contributed by atoms with van der Waals surface area (Å²) in [5.74, 6) is 0. The molecule has 0 aromatic carbocycles. The minimum absolute atomic E-state index is 0.405. The standard InChI is InChI=1S/C8H10O4/c1-2-4-10-7(9-3-1)8-11-5-6-12-8/h1-4,7-8H,5-6H2. The molecule has 12 heavy (non-hydrogen) atoms. The number of hydrogen-bond acceptors (Lipinski definition) is 4. The Hall–Kier alpha value is -1.00. The minimum atomic E-state index is -0.484. The second-order valence-corrected chi connectivity index (χ2v) is 2.41. The molecular formula is C8H10O4. The fourth-order valence-electron chi connectivity index (χ4n) is 1.03. The summed E-state index contributed by atoms with van der Waals surface area (Å²) in [6, 6.07) is 0. The fourth-order valence-corrected chi connectivity index (χ4v) is 1.03. The molecule has 0 amide bonds. The van der Waals surface area contributed by atoms with Gasteiger partial charge in [0.1, 0.15) is 0 Å². The summed E-state index contributed by atoms with van der Waals surface area (Å²) in [7, 11) is 0. The van der Waals surface area contributed by atoms with Crippen LogP contribution in [0.15, 0.2) is 24.7 Å². The van der Waals surface area contributed by atoms with E-state index in [0.29, 0.717) is 13.2 Å². The first-order valence-electron chi connectivity index (χ1n) is 3.82. The van der Waals surface area contributed by atoms with Crippen LogP contribution in [0.25, 0.3) is 0 Å². The van der Waals surface area contributed by atoms with E-state index in [0.717, 1.165) is 0 Å². The van der Waals surface area contributed by atoms with Crippen molar-refractivity contribution < 1.29 is 18.9 Å². The number of hydrogen-bond donors (Lipinski definition) is 0. The maximum Gasteiger partial charge on any atom is 0.290 e. The molecule has 1 fully saturated rings. The molecule has 66 valence electrons. The monoisotopic (exact) mass is 170 g/mol. The minimum Gasteiger partial charge on any atom is -0.458 e. The Balaban J connectivity index is 1.93. The third-order valence-corrected chi connectivity index (χ3v) is 1.56. The van der Waals surface area contributed by atoms with Gasteiger partial charge in [-0.05, 0) is 12.2 Å². The second-order valence-electron chi connectivity index (χ2n) is 2.41. The molecule has 0 aromatic rings. The van der Waals surface area contributed by atoms with Gasteiger partial charge in [0, 0.05) is 0 Å². The van der Waals surface area contributed by atoms with Gasteiger partial charge in [0.05, 0.1) is 25.7 Å². The normalized spacial score (nSPS) is 25.0. The highest BCUT2D eigenvalue weighted by Crippen LogP contribution is 2.14. The van der Waals surface area contributed by atoms with Gasteiger partial charge >= 0.3 is 0 Å². The van der Waals surface area contributed by atoms with Gasteiger partial charge in [0.15, 0.2) is 0 Å². The Morgan fingerprint density at radius 2 is 1.42 bits per heavy atom. The van der Waals surface area contributed by atoms with Crippen molar-refractivity contribution in [1.82, 2.24) is 0 Å². The van der Waals surface area contributed by atoms with Crippen LogP contribution in [-0.2, 0) is 18.9 Å². The van der Waals surface area contributed by atoms with Crippen LogP contribution >= 0.6 is 0 Å². The summed E-state index contributed by atoms with van der Waals surface area (Å²) in [5, 5.41) is 0. The van der Waals surface area contributed by atoms with Gasteiger partial charge < -0.3 is 18.9 Å². The molecule has 2 rings (SSSR count). The molecule has 2 aliphatic heterocycles. The van der Waals surface area contributed by atoms with E-state index in [1.807, 2.05) is 0 Å². The quantitative estimate of drug-likeness (QED) is 0.582. The van der Waals surface area contributed by atoms with Crippen molar-refractivity contribution in [2.45, 2.75) is 12.6 Å². The Kier molecular flexibility index (Phi) is 2.29. The molecule has 0 atom stereocenters. The lowest BCUT2D eigenvalue weighted by Crippen LogP contribution is -2.29. The van der Waals surface area contributed by atoms with Gasteiger partial charge in [-0.3, -0.25) is 0 Å². The van der Waals surface area contributed by atoms with Crippen LogP contribution in [0.5, 0.6) is 0 Å². The maximum atomic E-state index is 5.21. The lowest BCUT2D eigenvalue weighted by molar-refractivity contribution is -0.209. The Morgan fingerprint density at radius 1 is 0.833 bits per heavy atom. The molecule has 0 aromatic heterocycles. The van der Waals surface area contributed by atoms with E-state index in [9.17, 15) is 0 Å². The van der Waals surface area contributed by atoms with E-state index in [1.165, 1.54) is 0 Å². The smallest absolute Gasteiger partial charge is 0.290 e. The maximum absolute atomic E-state index is 5.21. The molecule has 2 heterocycles. The first-order valence-corrected chi connectivity index (χ1v) is 3.82. The molecule has 4 nitrogen and oxygen atoms in total. The van der Waals surface area contributed by atoms with Crippen molar-refractivity contribution in [2.75, 3.05) is 13.2 Å². The molecule has 4 heteroatoms. The molecule has 0 saturated carbocycles. The number of ether oxygens (including phenoxy) is 4. The Morgan fingerprint density at radius 3 is 2.00 bits per heavy atom. The predicted molar refractivity (Wildman–Crippen MR) is 39.9 cm³/mol. The van der Waals surface area contributed by atoms with Crippen molar-refractivity contribution in [3.8, 4) is 0 Å². The van der Waals surface area contributed by atoms with Crippen molar-refractivity contribution in [2.24, 2.45) is 0 Å². The topological polar surface area (TPSA) is 36.9 Å². The van der Waals surface area contributed by atoms with Crippen LogP contribution in [0.2, 0.25) is 0 Å². The molecule has 0 bridgehead atoms. The molecule has 1 saturated heterocycles. The SMILES string of the molecule is C1=COC(C2OCCO2)OC=C1. The number of rotatable bonds is 1. The van der Waals surface area contributed by atoms with E-state index in [-0.39, 0.29) is 0 Å². The van der Waals surface area contributed by atoms with Crippen LogP contribution < -0.4 is 0 Å². The van der Waals surface area contributed by atoms with Gasteiger partial charge in [0.2, 0.25) is 6.29 Å². The molecule has 0 unspecified atom stereocenters. The molecule has 0 aliphatic carbocycles. The van der Waals surface area contributed by atoms with E-state index < -0.39 is 12.6 Å². The average Bonchev–Trinajstić information content (AvgIpc) is 2.48. The molecule has 0 radical (unpaired) electrons. The summed E-state index contributed by atoms with van der Waals surface area (Å²) < 4.78 is 20.8. The molecular weight excluding hydrogens is 160 g/mol. The van der Waals surface area contributed by atoms with Gasteiger partial charge in [-0.25, -0.2) is 0 Å². The van der Waals surface area contributed by atoms with Crippen molar-refractivity contribution in [1.29, 1.82) is 0 Å². The van der Waals surface area contributed by atoms with Gasteiger partial charge in [0.25, 0.3) is 6.29 Å². The Labute approximate surface area is 70.4 Å². The zero-order valence-electron chi connectivity index (χ0n) is 6.51. The first kappa shape index (κ1) is 7.64. The summed E-state index contributed by atoms with van der Waals surface area (Å²) in [5.41, 5.74) is 0. The van der Waals surface area contributed by atoms with Gasteiger partial charge in [-0.15, -0.1) is 0 Å². The highest BCUT2D eigenvalue weighted by molar-refractivity contribution is 4.98. The van der Waals surface area contributed by atoms with Crippen LogP contribution in [0.4, 0.5) is 0 Å². The second kappa shape index (κ2) is 3.60. The Bertz CT molecular complexity index is 179. The summed E-state index contributed by atoms with van der Waals surface area (Å²) in [6.45, 7) is 1.20.